The molecule has 1 unspecified atom stereocenters. The fourth-order valence-corrected chi connectivity index (χ4v) is 1.39. The van der Waals surface area contributed by atoms with Crippen LogP contribution in [0.25, 0.3) is 0 Å². The topological polar surface area (TPSA) is 59.1 Å². The number of ether oxygens (including phenoxy) is 1. The van der Waals surface area contributed by atoms with Gasteiger partial charge in [0.2, 0.25) is 0 Å². The SMILES string of the molecule is COC[C@H](C)[CH-]C1=CC(=N)C(N)C=C1.[Zn]. The molecule has 0 amide bonds. The Kier molecular flexibility index (Phi) is 6.74. The van der Waals surface area contributed by atoms with Gasteiger partial charge in [-0.1, -0.05) is 6.92 Å². The molecule has 4 heteroatoms. The fraction of sp³-hybridized carbons (Fsp3) is 0.455. The van der Waals surface area contributed by atoms with E-state index in [1.165, 1.54) is 0 Å². The second-order valence-electron chi connectivity index (χ2n) is 3.58. The molecule has 15 heavy (non-hydrogen) atoms. The van der Waals surface area contributed by atoms with Crippen molar-refractivity contribution in [3.05, 3.63) is 30.2 Å². The van der Waals surface area contributed by atoms with Gasteiger partial charge in [-0.05, 0) is 11.6 Å². The third kappa shape index (κ3) is 4.74. The van der Waals surface area contributed by atoms with Crippen molar-refractivity contribution in [3.8, 4) is 0 Å². The van der Waals surface area contributed by atoms with Crippen LogP contribution in [-0.4, -0.2) is 25.5 Å². The Balaban J connectivity index is 0.00000196. The molecular weight excluding hydrogens is 242 g/mol. The minimum Gasteiger partial charge on any atom is -0.385 e. The predicted octanol–water partition coefficient (Wildman–Crippen LogP) is 1.31. The Morgan fingerprint density at radius 3 is 2.87 bits per heavy atom. The van der Waals surface area contributed by atoms with Crippen molar-refractivity contribution in [3.63, 3.8) is 0 Å². The van der Waals surface area contributed by atoms with Gasteiger partial charge in [0.05, 0.1) is 0 Å². The number of rotatable bonds is 4. The summed E-state index contributed by atoms with van der Waals surface area (Å²) in [6.07, 6.45) is 7.68. The molecule has 0 aliphatic heterocycles. The molecule has 0 bridgehead atoms. The second-order valence-corrected chi connectivity index (χ2v) is 3.58. The number of nitrogens with two attached hydrogens (primary N) is 1. The summed E-state index contributed by atoms with van der Waals surface area (Å²) in [6, 6.07) is -0.245. The Morgan fingerprint density at radius 1 is 1.67 bits per heavy atom. The van der Waals surface area contributed by atoms with Crippen LogP contribution < -0.4 is 5.73 Å². The number of hydrogen-bond donors (Lipinski definition) is 2. The van der Waals surface area contributed by atoms with Gasteiger partial charge < -0.3 is 15.9 Å². The Bertz CT molecular complexity index is 274. The van der Waals surface area contributed by atoms with Crippen LogP contribution in [0.4, 0.5) is 0 Å². The van der Waals surface area contributed by atoms with E-state index < -0.39 is 0 Å². The standard InChI is InChI=1S/C11H17N2O.Zn/c1-8(7-14-2)5-9-3-4-10(12)11(13)6-9;/h3-6,8,10,13H,7,12H2,1-2H3;/q-1;/t8-,10?;/m1./s1. The van der Waals surface area contributed by atoms with Gasteiger partial charge in [-0.25, -0.2) is 0 Å². The zero-order valence-corrected chi connectivity index (χ0v) is 12.3. The van der Waals surface area contributed by atoms with E-state index in [2.05, 4.69) is 13.3 Å². The zero-order valence-electron chi connectivity index (χ0n) is 9.36. The van der Waals surface area contributed by atoms with Crippen LogP contribution in [0.2, 0.25) is 0 Å². The maximum absolute atomic E-state index is 7.57. The molecule has 1 aliphatic rings. The summed E-state index contributed by atoms with van der Waals surface area (Å²) in [5, 5.41) is 7.57. The maximum Gasteiger partial charge on any atom is 0.0422 e. The Hall–Kier alpha value is -0.437. The summed E-state index contributed by atoms with van der Waals surface area (Å²) in [7, 11) is 1.69. The van der Waals surface area contributed by atoms with Crippen LogP contribution >= 0.6 is 0 Å². The van der Waals surface area contributed by atoms with Crippen LogP contribution in [-0.2, 0) is 24.2 Å². The molecule has 2 atom stereocenters. The molecule has 1 aliphatic carbocycles. The first-order chi connectivity index (χ1) is 6.63. The first-order valence-corrected chi connectivity index (χ1v) is 4.71. The van der Waals surface area contributed by atoms with Gasteiger partial charge in [-0.2, -0.15) is 18.1 Å². The number of hydrogen-bond acceptors (Lipinski definition) is 3. The van der Waals surface area contributed by atoms with E-state index in [9.17, 15) is 0 Å². The summed E-state index contributed by atoms with van der Waals surface area (Å²) in [5.74, 6) is 0.359. The van der Waals surface area contributed by atoms with E-state index in [0.717, 1.165) is 5.57 Å². The quantitative estimate of drug-likeness (QED) is 0.590. The molecule has 0 saturated carbocycles. The molecule has 0 radical (unpaired) electrons. The summed E-state index contributed by atoms with van der Waals surface area (Å²) in [4.78, 5) is 0. The summed E-state index contributed by atoms with van der Waals surface area (Å²) in [5.41, 5.74) is 7.14. The van der Waals surface area contributed by atoms with Gasteiger partial charge in [-0.3, -0.25) is 0 Å². The van der Waals surface area contributed by atoms with Crippen LogP contribution in [0.3, 0.4) is 0 Å². The van der Waals surface area contributed by atoms with Crippen molar-refractivity contribution in [1.29, 1.82) is 5.41 Å². The summed E-state index contributed by atoms with van der Waals surface area (Å²) in [6.45, 7) is 2.78. The Labute approximate surface area is 104 Å². The molecule has 80 valence electrons. The van der Waals surface area contributed by atoms with E-state index >= 15 is 0 Å². The number of methoxy groups -OCH3 is 1. The van der Waals surface area contributed by atoms with Crippen LogP contribution in [0.1, 0.15) is 6.92 Å². The van der Waals surface area contributed by atoms with E-state index in [4.69, 9.17) is 15.9 Å². The second kappa shape index (κ2) is 6.94. The molecule has 0 heterocycles. The average Bonchev–Trinajstić information content (AvgIpc) is 2.12. The van der Waals surface area contributed by atoms with E-state index in [1.54, 1.807) is 13.2 Å². The van der Waals surface area contributed by atoms with E-state index in [1.807, 2.05) is 12.2 Å². The van der Waals surface area contributed by atoms with E-state index in [0.29, 0.717) is 18.2 Å². The average molecular weight is 259 g/mol. The zero-order chi connectivity index (χ0) is 10.6. The van der Waals surface area contributed by atoms with Crippen molar-refractivity contribution in [2.24, 2.45) is 11.7 Å². The number of nitrogens with one attached hydrogen (secondary N) is 1. The van der Waals surface area contributed by atoms with Crippen LogP contribution in [0.15, 0.2) is 23.8 Å². The molecule has 0 aromatic rings. The van der Waals surface area contributed by atoms with Crippen molar-refractivity contribution in [1.82, 2.24) is 0 Å². The summed E-state index contributed by atoms with van der Waals surface area (Å²) < 4.78 is 5.03. The monoisotopic (exact) mass is 257 g/mol. The molecule has 3 nitrogen and oxygen atoms in total. The minimum atomic E-state index is -0.245. The normalized spacial score (nSPS) is 21.7. The van der Waals surface area contributed by atoms with Gasteiger partial charge in [0.15, 0.2) is 0 Å². The third-order valence-electron chi connectivity index (χ3n) is 2.08. The van der Waals surface area contributed by atoms with Crippen LogP contribution in [0, 0.1) is 17.7 Å². The van der Waals surface area contributed by atoms with Crippen molar-refractivity contribution in [2.45, 2.75) is 13.0 Å². The molecule has 3 N–H and O–H groups in total. The van der Waals surface area contributed by atoms with Crippen molar-refractivity contribution >= 4 is 5.71 Å². The van der Waals surface area contributed by atoms with Crippen molar-refractivity contribution < 1.29 is 24.2 Å². The van der Waals surface area contributed by atoms with Gasteiger partial charge in [0.25, 0.3) is 0 Å². The minimum absolute atomic E-state index is 0. The van der Waals surface area contributed by atoms with Crippen molar-refractivity contribution in [2.75, 3.05) is 13.7 Å². The van der Waals surface area contributed by atoms with Gasteiger partial charge in [0.1, 0.15) is 0 Å². The molecule has 0 fully saturated rings. The predicted molar refractivity (Wildman–Crippen MR) is 58.3 cm³/mol. The molecule has 0 saturated heterocycles. The summed E-state index contributed by atoms with van der Waals surface area (Å²) >= 11 is 0. The molecule has 0 aromatic carbocycles. The van der Waals surface area contributed by atoms with Gasteiger partial charge in [0, 0.05) is 39.2 Å². The fourth-order valence-electron chi connectivity index (χ4n) is 1.39. The van der Waals surface area contributed by atoms with E-state index in [-0.39, 0.29) is 25.5 Å². The molecule has 0 aromatic heterocycles. The first kappa shape index (κ1) is 14.6. The first-order valence-electron chi connectivity index (χ1n) is 4.71. The molecule has 1 rings (SSSR count). The van der Waals surface area contributed by atoms with Crippen LogP contribution in [0.5, 0.6) is 0 Å². The van der Waals surface area contributed by atoms with Gasteiger partial charge >= 0.3 is 0 Å². The third-order valence-corrected chi connectivity index (χ3v) is 2.08. The molecular formula is C11H17N2OZn-. The molecule has 0 spiro atoms. The Morgan fingerprint density at radius 2 is 2.33 bits per heavy atom. The smallest absolute Gasteiger partial charge is 0.0422 e. The maximum atomic E-state index is 7.57. The number of allylic oxidation sites excluding steroid dienone is 2. The largest absolute Gasteiger partial charge is 0.385 e. The van der Waals surface area contributed by atoms with Gasteiger partial charge in [-0.15, -0.1) is 12.2 Å².